The molecule has 0 unspecified atom stereocenters. The standard InChI is InChI=1S/C20H20N2O3S/c1-14-5-2-3-7-18(14)20-19(15-8-9-15)16(13-23)12-22(20)26(24,25)17-6-4-10-21-11-17/h2-7,10-12,15,23H,8-9,13H2,1H3. The Morgan fingerprint density at radius 1 is 1.19 bits per heavy atom. The molecule has 1 aromatic carbocycles. The third-order valence-electron chi connectivity index (χ3n) is 4.84. The van der Waals surface area contributed by atoms with Crippen LogP contribution in [0.15, 0.2) is 59.9 Å². The minimum atomic E-state index is -3.81. The highest BCUT2D eigenvalue weighted by Crippen LogP contribution is 2.48. The van der Waals surface area contributed by atoms with E-state index in [1.165, 1.54) is 10.2 Å². The SMILES string of the molecule is Cc1ccccc1-c1c(C2CC2)c(CO)cn1S(=O)(=O)c1cccnc1. The van der Waals surface area contributed by atoms with Crippen molar-refractivity contribution >= 4 is 10.0 Å². The van der Waals surface area contributed by atoms with Crippen LogP contribution in [0.4, 0.5) is 0 Å². The summed E-state index contributed by atoms with van der Waals surface area (Å²) >= 11 is 0. The number of nitrogens with zero attached hydrogens (tertiary/aromatic N) is 2. The van der Waals surface area contributed by atoms with Crippen molar-refractivity contribution in [2.75, 3.05) is 0 Å². The number of aliphatic hydroxyl groups is 1. The van der Waals surface area contributed by atoms with Crippen molar-refractivity contribution in [2.45, 2.75) is 37.2 Å². The zero-order chi connectivity index (χ0) is 18.3. The summed E-state index contributed by atoms with van der Waals surface area (Å²) < 4.78 is 27.9. The normalized spacial score (nSPS) is 14.5. The van der Waals surface area contributed by atoms with Gasteiger partial charge >= 0.3 is 0 Å². The number of pyridine rings is 1. The van der Waals surface area contributed by atoms with Gasteiger partial charge in [0.25, 0.3) is 10.0 Å². The number of aryl methyl sites for hydroxylation is 1. The summed E-state index contributed by atoms with van der Waals surface area (Å²) in [4.78, 5) is 4.09. The quantitative estimate of drug-likeness (QED) is 0.748. The molecule has 0 saturated heterocycles. The highest BCUT2D eigenvalue weighted by molar-refractivity contribution is 7.90. The molecule has 26 heavy (non-hydrogen) atoms. The van der Waals surface area contributed by atoms with E-state index < -0.39 is 10.0 Å². The Bertz CT molecular complexity index is 1050. The van der Waals surface area contributed by atoms with Crippen molar-refractivity contribution < 1.29 is 13.5 Å². The first-order chi connectivity index (χ1) is 12.5. The molecule has 2 aromatic heterocycles. The summed E-state index contributed by atoms with van der Waals surface area (Å²) in [6.45, 7) is 1.79. The highest BCUT2D eigenvalue weighted by atomic mass is 32.2. The smallest absolute Gasteiger partial charge is 0.269 e. The number of hydrogen-bond acceptors (Lipinski definition) is 4. The Labute approximate surface area is 153 Å². The molecule has 134 valence electrons. The molecule has 3 aromatic rings. The largest absolute Gasteiger partial charge is 0.392 e. The van der Waals surface area contributed by atoms with Crippen LogP contribution in [0, 0.1) is 6.92 Å². The number of benzene rings is 1. The maximum atomic E-state index is 13.3. The summed E-state index contributed by atoms with van der Waals surface area (Å²) in [5.41, 5.74) is 4.17. The van der Waals surface area contributed by atoms with Crippen molar-refractivity contribution in [3.05, 3.63) is 71.7 Å². The molecule has 2 heterocycles. The maximum absolute atomic E-state index is 13.3. The van der Waals surface area contributed by atoms with Gasteiger partial charge in [-0.1, -0.05) is 24.3 Å². The topological polar surface area (TPSA) is 72.2 Å². The third-order valence-corrected chi connectivity index (χ3v) is 6.48. The van der Waals surface area contributed by atoms with Gasteiger partial charge in [-0.05, 0) is 48.9 Å². The van der Waals surface area contributed by atoms with Crippen LogP contribution in [0.25, 0.3) is 11.3 Å². The van der Waals surface area contributed by atoms with Crippen LogP contribution in [-0.4, -0.2) is 22.5 Å². The van der Waals surface area contributed by atoms with E-state index >= 15 is 0 Å². The van der Waals surface area contributed by atoms with Crippen LogP contribution >= 0.6 is 0 Å². The lowest BCUT2D eigenvalue weighted by molar-refractivity contribution is 0.281. The molecule has 4 rings (SSSR count). The first kappa shape index (κ1) is 17.0. The fourth-order valence-electron chi connectivity index (χ4n) is 3.41. The molecule has 1 N–H and O–H groups in total. The predicted octanol–water partition coefficient (Wildman–Crippen LogP) is 3.47. The summed E-state index contributed by atoms with van der Waals surface area (Å²) in [5, 5.41) is 9.86. The zero-order valence-corrected chi connectivity index (χ0v) is 15.3. The van der Waals surface area contributed by atoms with Crippen LogP contribution in [0.2, 0.25) is 0 Å². The fourth-order valence-corrected chi connectivity index (χ4v) is 4.78. The Hall–Kier alpha value is -2.44. The number of aromatic nitrogens is 2. The average Bonchev–Trinajstić information content (AvgIpc) is 3.42. The van der Waals surface area contributed by atoms with Crippen molar-refractivity contribution in [1.82, 2.24) is 8.96 Å². The van der Waals surface area contributed by atoms with Crippen LogP contribution in [0.5, 0.6) is 0 Å². The molecule has 5 nitrogen and oxygen atoms in total. The van der Waals surface area contributed by atoms with Crippen molar-refractivity contribution in [3.63, 3.8) is 0 Å². The molecule has 1 aliphatic rings. The molecule has 6 heteroatoms. The van der Waals surface area contributed by atoms with Gasteiger partial charge in [0.15, 0.2) is 0 Å². The van der Waals surface area contributed by atoms with Gasteiger partial charge in [-0.2, -0.15) is 0 Å². The third kappa shape index (κ3) is 2.75. The molecule has 0 radical (unpaired) electrons. The van der Waals surface area contributed by atoms with Crippen LogP contribution in [-0.2, 0) is 16.6 Å². The Balaban J connectivity index is 2.03. The van der Waals surface area contributed by atoms with Crippen LogP contribution in [0.3, 0.4) is 0 Å². The average molecular weight is 368 g/mol. The maximum Gasteiger partial charge on any atom is 0.269 e. The Morgan fingerprint density at radius 2 is 1.96 bits per heavy atom. The van der Waals surface area contributed by atoms with E-state index in [0.717, 1.165) is 29.5 Å². The van der Waals surface area contributed by atoms with E-state index in [9.17, 15) is 13.5 Å². The molecule has 0 aliphatic heterocycles. The molecule has 0 atom stereocenters. The fraction of sp³-hybridized carbons (Fsp3) is 0.250. The molecule has 0 bridgehead atoms. The molecule has 1 aliphatic carbocycles. The summed E-state index contributed by atoms with van der Waals surface area (Å²) in [7, 11) is -3.81. The van der Waals surface area contributed by atoms with Crippen molar-refractivity contribution in [1.29, 1.82) is 0 Å². The molecule has 1 fully saturated rings. The van der Waals surface area contributed by atoms with Gasteiger partial charge in [-0.25, -0.2) is 12.4 Å². The van der Waals surface area contributed by atoms with Gasteiger partial charge in [-0.15, -0.1) is 0 Å². The van der Waals surface area contributed by atoms with E-state index in [1.54, 1.807) is 24.5 Å². The lowest BCUT2D eigenvalue weighted by Crippen LogP contribution is -2.14. The van der Waals surface area contributed by atoms with Crippen molar-refractivity contribution in [2.24, 2.45) is 0 Å². The minimum Gasteiger partial charge on any atom is -0.392 e. The van der Waals surface area contributed by atoms with Gasteiger partial charge in [0.2, 0.25) is 0 Å². The van der Waals surface area contributed by atoms with E-state index in [0.29, 0.717) is 17.2 Å². The molecule has 1 saturated carbocycles. The van der Waals surface area contributed by atoms with Gasteiger partial charge in [0.05, 0.1) is 12.3 Å². The number of aliphatic hydroxyl groups excluding tert-OH is 1. The monoisotopic (exact) mass is 368 g/mol. The van der Waals surface area contributed by atoms with E-state index in [1.807, 2.05) is 31.2 Å². The van der Waals surface area contributed by atoms with Crippen molar-refractivity contribution in [3.8, 4) is 11.3 Å². The lowest BCUT2D eigenvalue weighted by Gasteiger charge is -2.14. The van der Waals surface area contributed by atoms with Gasteiger partial charge in [-0.3, -0.25) is 4.98 Å². The van der Waals surface area contributed by atoms with Gasteiger partial charge < -0.3 is 5.11 Å². The molecule has 0 amide bonds. The van der Waals surface area contributed by atoms with E-state index in [4.69, 9.17) is 0 Å². The second kappa shape index (κ2) is 6.37. The molecular weight excluding hydrogens is 348 g/mol. The second-order valence-electron chi connectivity index (χ2n) is 6.65. The summed E-state index contributed by atoms with van der Waals surface area (Å²) in [5.74, 6) is 0.303. The summed E-state index contributed by atoms with van der Waals surface area (Å²) in [6, 6.07) is 10.9. The first-order valence-corrected chi connectivity index (χ1v) is 10.0. The predicted molar refractivity (Wildman–Crippen MR) is 99.3 cm³/mol. The van der Waals surface area contributed by atoms with Gasteiger partial charge in [0.1, 0.15) is 4.90 Å². The molecule has 0 spiro atoms. The first-order valence-electron chi connectivity index (χ1n) is 8.60. The summed E-state index contributed by atoms with van der Waals surface area (Å²) in [6.07, 6.45) is 6.50. The van der Waals surface area contributed by atoms with Crippen LogP contribution < -0.4 is 0 Å². The number of hydrogen-bond donors (Lipinski definition) is 1. The lowest BCUT2D eigenvalue weighted by atomic mass is 9.98. The number of rotatable bonds is 5. The molecular formula is C20H20N2O3S. The zero-order valence-electron chi connectivity index (χ0n) is 14.5. The van der Waals surface area contributed by atoms with E-state index in [-0.39, 0.29) is 11.5 Å². The highest BCUT2D eigenvalue weighted by Gasteiger charge is 2.34. The van der Waals surface area contributed by atoms with Crippen LogP contribution in [0.1, 0.15) is 35.4 Å². The van der Waals surface area contributed by atoms with Gasteiger partial charge in [0, 0.05) is 29.7 Å². The second-order valence-corrected chi connectivity index (χ2v) is 8.47. The Morgan fingerprint density at radius 3 is 2.58 bits per heavy atom. The van der Waals surface area contributed by atoms with E-state index in [2.05, 4.69) is 4.98 Å². The minimum absolute atomic E-state index is 0.136. The Kier molecular flexibility index (Phi) is 4.17.